The molecule has 3 N–H and O–H groups in total. The Balaban J connectivity index is 1.22. The fraction of sp³-hybridized carbons (Fsp3) is 0.286. The fourth-order valence-electron chi connectivity index (χ4n) is 4.42. The molecule has 8 nitrogen and oxygen atoms in total. The number of likely N-dealkylation sites (tertiary alicyclic amines) is 1. The number of halogens is 1. The van der Waals surface area contributed by atoms with E-state index in [0.717, 1.165) is 17.8 Å². The van der Waals surface area contributed by atoms with E-state index in [2.05, 4.69) is 60.1 Å². The van der Waals surface area contributed by atoms with Crippen LogP contribution in [0.25, 0.3) is 0 Å². The van der Waals surface area contributed by atoms with Gasteiger partial charge in [-0.2, -0.15) is 0 Å². The van der Waals surface area contributed by atoms with Crippen LogP contribution in [0.3, 0.4) is 0 Å². The molecule has 0 atom stereocenters. The van der Waals surface area contributed by atoms with Gasteiger partial charge in [-0.1, -0.05) is 53.6 Å². The van der Waals surface area contributed by atoms with Crippen molar-refractivity contribution in [3.63, 3.8) is 0 Å². The highest BCUT2D eigenvalue weighted by molar-refractivity contribution is 7.17. The number of aromatic nitrogens is 3. The summed E-state index contributed by atoms with van der Waals surface area (Å²) in [5, 5.41) is 10.5. The van der Waals surface area contributed by atoms with Gasteiger partial charge in [0.1, 0.15) is 22.3 Å². The molecule has 0 spiro atoms. The average Bonchev–Trinajstić information content (AvgIpc) is 3.36. The van der Waals surface area contributed by atoms with Crippen LogP contribution in [0.4, 0.5) is 28.1 Å². The Labute approximate surface area is 231 Å². The standard InChI is InChI=1S/C28H30ClN7OS/c1-18-7-6-8-22(29)26(18)35-27(37)23-16-30-28(38-23)34-25-15-24(31-19(2)32-25)33-21-11-9-20(10-12-21)17-36-13-4-3-5-14-36/h6-12,15-16H,3-5,13-14,17H2,1-2H3,(H,35,37)(H2,30,31,32,33,34). The number of hydrogen-bond acceptors (Lipinski definition) is 8. The van der Waals surface area contributed by atoms with Crippen molar-refractivity contribution >= 4 is 57.0 Å². The van der Waals surface area contributed by atoms with Crippen LogP contribution < -0.4 is 16.0 Å². The van der Waals surface area contributed by atoms with E-state index in [4.69, 9.17) is 11.6 Å². The minimum atomic E-state index is -0.267. The van der Waals surface area contributed by atoms with E-state index < -0.39 is 0 Å². The molecule has 0 saturated carbocycles. The zero-order valence-corrected chi connectivity index (χ0v) is 23.0. The summed E-state index contributed by atoms with van der Waals surface area (Å²) in [5.74, 6) is 1.61. The molecule has 0 bridgehead atoms. The minimum Gasteiger partial charge on any atom is -0.340 e. The van der Waals surface area contributed by atoms with Crippen LogP contribution in [0, 0.1) is 13.8 Å². The normalized spacial score (nSPS) is 13.8. The molecule has 2 aromatic carbocycles. The third kappa shape index (κ3) is 6.66. The van der Waals surface area contributed by atoms with Gasteiger partial charge < -0.3 is 16.0 Å². The van der Waals surface area contributed by atoms with E-state index in [1.165, 1.54) is 55.4 Å². The van der Waals surface area contributed by atoms with Crippen molar-refractivity contribution in [1.82, 2.24) is 19.9 Å². The predicted molar refractivity (Wildman–Crippen MR) is 155 cm³/mol. The number of carbonyl (C=O) groups is 1. The lowest BCUT2D eigenvalue weighted by atomic mass is 10.1. The van der Waals surface area contributed by atoms with Crippen molar-refractivity contribution in [1.29, 1.82) is 0 Å². The number of benzene rings is 2. The second kappa shape index (κ2) is 11.9. The Bertz CT molecular complexity index is 1400. The average molecular weight is 548 g/mol. The fourth-order valence-corrected chi connectivity index (χ4v) is 5.41. The van der Waals surface area contributed by atoms with E-state index in [-0.39, 0.29) is 5.91 Å². The molecule has 4 aromatic rings. The minimum absolute atomic E-state index is 0.267. The predicted octanol–water partition coefficient (Wildman–Crippen LogP) is 6.93. The topological polar surface area (TPSA) is 95.1 Å². The monoisotopic (exact) mass is 547 g/mol. The molecule has 3 heterocycles. The largest absolute Gasteiger partial charge is 0.340 e. The lowest BCUT2D eigenvalue weighted by Crippen LogP contribution is -2.29. The van der Waals surface area contributed by atoms with Crippen LogP contribution in [0.15, 0.2) is 54.7 Å². The first-order valence-electron chi connectivity index (χ1n) is 12.7. The number of anilines is 5. The summed E-state index contributed by atoms with van der Waals surface area (Å²) in [6, 6.07) is 15.8. The van der Waals surface area contributed by atoms with Gasteiger partial charge in [0.05, 0.1) is 16.9 Å². The highest BCUT2D eigenvalue weighted by Gasteiger charge is 2.15. The van der Waals surface area contributed by atoms with Crippen molar-refractivity contribution in [2.75, 3.05) is 29.0 Å². The van der Waals surface area contributed by atoms with Crippen LogP contribution in [-0.2, 0) is 6.54 Å². The Morgan fingerprint density at radius 1 is 1.00 bits per heavy atom. The quantitative estimate of drug-likeness (QED) is 0.220. The highest BCUT2D eigenvalue weighted by atomic mass is 35.5. The molecule has 1 saturated heterocycles. The summed E-state index contributed by atoms with van der Waals surface area (Å²) in [5.41, 5.74) is 3.76. The summed E-state index contributed by atoms with van der Waals surface area (Å²) >= 11 is 7.48. The summed E-state index contributed by atoms with van der Waals surface area (Å²) in [6.07, 6.45) is 5.46. The summed E-state index contributed by atoms with van der Waals surface area (Å²) in [7, 11) is 0. The van der Waals surface area contributed by atoms with Gasteiger partial charge in [0.15, 0.2) is 5.13 Å². The smallest absolute Gasteiger partial charge is 0.267 e. The van der Waals surface area contributed by atoms with E-state index >= 15 is 0 Å². The third-order valence-corrected chi connectivity index (χ3v) is 7.57. The van der Waals surface area contributed by atoms with E-state index in [0.29, 0.717) is 38.2 Å². The number of aryl methyl sites for hydroxylation is 2. The number of carbonyl (C=O) groups excluding carboxylic acids is 1. The maximum Gasteiger partial charge on any atom is 0.267 e. The van der Waals surface area contributed by atoms with Crippen molar-refractivity contribution in [2.45, 2.75) is 39.7 Å². The lowest BCUT2D eigenvalue weighted by Gasteiger charge is -2.26. The maximum absolute atomic E-state index is 12.8. The zero-order chi connectivity index (χ0) is 26.5. The van der Waals surface area contributed by atoms with Crippen LogP contribution in [-0.4, -0.2) is 38.8 Å². The van der Waals surface area contributed by atoms with Crippen molar-refractivity contribution in [2.24, 2.45) is 0 Å². The maximum atomic E-state index is 12.8. The third-order valence-electron chi connectivity index (χ3n) is 6.34. The highest BCUT2D eigenvalue weighted by Crippen LogP contribution is 2.28. The van der Waals surface area contributed by atoms with Crippen LogP contribution in [0.2, 0.25) is 5.02 Å². The molecule has 1 fully saturated rings. The molecule has 5 rings (SSSR count). The van der Waals surface area contributed by atoms with E-state index in [9.17, 15) is 4.79 Å². The number of rotatable bonds is 8. The molecule has 0 aliphatic carbocycles. The van der Waals surface area contributed by atoms with Gasteiger partial charge in [-0.05, 0) is 69.1 Å². The van der Waals surface area contributed by atoms with Crippen LogP contribution >= 0.6 is 22.9 Å². The van der Waals surface area contributed by atoms with Crippen molar-refractivity contribution in [3.05, 3.63) is 81.6 Å². The Kier molecular flexibility index (Phi) is 8.17. The number of nitrogens with zero attached hydrogens (tertiary/aromatic N) is 4. The molecular formula is C28H30ClN7OS. The second-order valence-corrected chi connectivity index (χ2v) is 10.8. The second-order valence-electron chi connectivity index (χ2n) is 9.38. The zero-order valence-electron chi connectivity index (χ0n) is 21.4. The SMILES string of the molecule is Cc1nc(Nc2ccc(CN3CCCCC3)cc2)cc(Nc2ncc(C(=O)Nc3c(C)cccc3Cl)s2)n1. The molecular weight excluding hydrogens is 518 g/mol. The number of hydrogen-bond donors (Lipinski definition) is 3. The molecule has 1 aliphatic rings. The van der Waals surface area contributed by atoms with Gasteiger partial charge in [-0.3, -0.25) is 9.69 Å². The van der Waals surface area contributed by atoms with Gasteiger partial charge >= 0.3 is 0 Å². The molecule has 196 valence electrons. The number of amides is 1. The molecule has 10 heteroatoms. The lowest BCUT2D eigenvalue weighted by molar-refractivity contribution is 0.103. The molecule has 1 aliphatic heterocycles. The number of piperidine rings is 1. The van der Waals surface area contributed by atoms with Gasteiger partial charge in [0, 0.05) is 18.3 Å². The first kappa shape index (κ1) is 26.1. The summed E-state index contributed by atoms with van der Waals surface area (Å²) in [4.78, 5) is 29.1. The Morgan fingerprint density at radius 3 is 2.47 bits per heavy atom. The molecule has 1 amide bonds. The first-order chi connectivity index (χ1) is 18.4. The number of thiazole rings is 1. The number of nitrogens with one attached hydrogen (secondary N) is 3. The van der Waals surface area contributed by atoms with Crippen LogP contribution in [0.1, 0.15) is 45.9 Å². The van der Waals surface area contributed by atoms with Gasteiger partial charge in [-0.25, -0.2) is 15.0 Å². The summed E-state index contributed by atoms with van der Waals surface area (Å²) < 4.78 is 0. The van der Waals surface area contributed by atoms with Crippen molar-refractivity contribution in [3.8, 4) is 0 Å². The number of para-hydroxylation sites is 1. The molecule has 0 radical (unpaired) electrons. The Morgan fingerprint density at radius 2 is 1.74 bits per heavy atom. The van der Waals surface area contributed by atoms with Gasteiger partial charge in [0.2, 0.25) is 0 Å². The summed E-state index contributed by atoms with van der Waals surface area (Å²) in [6.45, 7) is 7.09. The molecule has 0 unspecified atom stereocenters. The van der Waals surface area contributed by atoms with Gasteiger partial charge in [-0.15, -0.1) is 0 Å². The Hall–Kier alpha value is -3.53. The molecule has 2 aromatic heterocycles. The molecule has 38 heavy (non-hydrogen) atoms. The van der Waals surface area contributed by atoms with E-state index in [1.54, 1.807) is 6.07 Å². The van der Waals surface area contributed by atoms with E-state index in [1.807, 2.05) is 32.0 Å². The first-order valence-corrected chi connectivity index (χ1v) is 13.9. The van der Waals surface area contributed by atoms with Gasteiger partial charge in [0.25, 0.3) is 5.91 Å². The van der Waals surface area contributed by atoms with Crippen molar-refractivity contribution < 1.29 is 4.79 Å². The van der Waals surface area contributed by atoms with Crippen LogP contribution in [0.5, 0.6) is 0 Å².